The van der Waals surface area contributed by atoms with Crippen LogP contribution in [0.4, 0.5) is 52.7 Å². The summed E-state index contributed by atoms with van der Waals surface area (Å²) in [7, 11) is 0. The highest BCUT2D eigenvalue weighted by Gasteiger charge is 2.36. The third-order valence-corrected chi connectivity index (χ3v) is 13.6. The number of nitrogens with zero attached hydrogens (tertiary/aromatic N) is 4. The van der Waals surface area contributed by atoms with Crippen molar-refractivity contribution in [3.8, 4) is 17.2 Å². The van der Waals surface area contributed by atoms with E-state index in [1.807, 2.05) is 0 Å². The van der Waals surface area contributed by atoms with Gasteiger partial charge in [-0.05, 0) is 111 Å². The molecule has 3 aromatic rings. The molecule has 3 aliphatic heterocycles. The van der Waals surface area contributed by atoms with E-state index in [1.165, 1.54) is 18.2 Å². The number of alkyl halides is 9. The van der Waals surface area contributed by atoms with Crippen molar-refractivity contribution in [2.24, 2.45) is 17.8 Å². The van der Waals surface area contributed by atoms with Gasteiger partial charge < -0.3 is 28.9 Å². The van der Waals surface area contributed by atoms with Crippen molar-refractivity contribution in [1.82, 2.24) is 19.6 Å². The number of rotatable bonds is 19. The number of ketones is 3. The number of hydrogen-bond acceptors (Lipinski definition) is 10. The van der Waals surface area contributed by atoms with E-state index in [4.69, 9.17) is 0 Å². The quantitative estimate of drug-likeness (QED) is 0.108. The van der Waals surface area contributed by atoms with Gasteiger partial charge in [0.25, 0.3) is 0 Å². The number of Topliss-reactive ketones (excluding diaryl/α,β-unsaturated/α-hetero) is 3. The van der Waals surface area contributed by atoms with E-state index in [1.54, 1.807) is 41.5 Å². The van der Waals surface area contributed by atoms with Crippen LogP contribution in [0.1, 0.15) is 121 Å². The van der Waals surface area contributed by atoms with Gasteiger partial charge in [0.05, 0.1) is 17.8 Å². The molecule has 3 heterocycles. The van der Waals surface area contributed by atoms with Crippen LogP contribution in [-0.2, 0) is 14.4 Å². The van der Waals surface area contributed by atoms with Crippen LogP contribution in [0.3, 0.4) is 0 Å². The molecule has 432 valence electrons. The molecule has 0 spiro atoms. The lowest BCUT2D eigenvalue weighted by molar-refractivity contribution is -0.276. The Balaban J connectivity index is 0.000000250. The molecular weight excluding hydrogens is 1040 g/mol. The molecule has 3 aliphatic rings. The Bertz CT molecular complexity index is 2240. The minimum Gasteiger partial charge on any atom is -0.403 e. The Labute approximate surface area is 443 Å². The summed E-state index contributed by atoms with van der Waals surface area (Å²) in [6, 6.07) is 9.80. The number of likely N-dealkylation sites (N-methyl/N-ethyl adjacent to an activating group) is 1. The maximum absolute atomic E-state index is 14.1. The average molecular weight is 1110 g/mol. The van der Waals surface area contributed by atoms with E-state index >= 15 is 0 Å². The molecule has 3 saturated heterocycles. The second-order valence-corrected chi connectivity index (χ2v) is 20.5. The van der Waals surface area contributed by atoms with Crippen LogP contribution in [0.2, 0.25) is 0 Å². The normalized spacial score (nSPS) is 17.7. The van der Waals surface area contributed by atoms with Gasteiger partial charge in [-0.3, -0.25) is 19.3 Å². The molecule has 77 heavy (non-hydrogen) atoms. The van der Waals surface area contributed by atoms with E-state index in [0.29, 0.717) is 36.3 Å². The van der Waals surface area contributed by atoms with E-state index in [0.717, 1.165) is 134 Å². The zero-order valence-corrected chi connectivity index (χ0v) is 44.7. The number of carbonyl (C=O) groups excluding carboxylic acids is 3. The van der Waals surface area contributed by atoms with E-state index < -0.39 is 71.5 Å². The highest BCUT2D eigenvalue weighted by molar-refractivity contribution is 5.89. The van der Waals surface area contributed by atoms with E-state index in [-0.39, 0.29) is 35.1 Å². The number of halogens is 12. The van der Waals surface area contributed by atoms with Crippen LogP contribution >= 0.6 is 0 Å². The number of piperazine rings is 1. The van der Waals surface area contributed by atoms with Gasteiger partial charge in [0.15, 0.2) is 34.7 Å². The number of likely N-dealkylation sites (tertiary alicyclic amines) is 2. The van der Waals surface area contributed by atoms with Gasteiger partial charge in [0.2, 0.25) is 0 Å². The first kappa shape index (κ1) is 64.6. The lowest BCUT2D eigenvalue weighted by Crippen LogP contribution is -2.48. The van der Waals surface area contributed by atoms with Crippen molar-refractivity contribution in [3.05, 3.63) is 88.7 Å². The van der Waals surface area contributed by atoms with Crippen LogP contribution in [0, 0.1) is 35.2 Å². The highest BCUT2D eigenvalue weighted by atomic mass is 19.4. The lowest BCUT2D eigenvalue weighted by atomic mass is 9.87. The fourth-order valence-corrected chi connectivity index (χ4v) is 9.46. The van der Waals surface area contributed by atoms with Gasteiger partial charge in [-0.1, -0.05) is 79.5 Å². The minimum absolute atomic E-state index is 0.0468. The zero-order chi connectivity index (χ0) is 57.4. The number of piperidine rings is 2. The van der Waals surface area contributed by atoms with E-state index in [9.17, 15) is 67.1 Å². The summed E-state index contributed by atoms with van der Waals surface area (Å²) in [5.41, 5.74) is 1.14. The Morgan fingerprint density at radius 3 is 0.883 bits per heavy atom. The van der Waals surface area contributed by atoms with Gasteiger partial charge in [-0.15, -0.1) is 39.5 Å². The summed E-state index contributed by atoms with van der Waals surface area (Å²) in [4.78, 5) is 46.6. The van der Waals surface area contributed by atoms with Crippen molar-refractivity contribution < 1.29 is 81.3 Å². The first-order chi connectivity index (χ1) is 35.9. The summed E-state index contributed by atoms with van der Waals surface area (Å²) in [6.07, 6.45) is -8.37. The molecule has 0 aliphatic carbocycles. The summed E-state index contributed by atoms with van der Waals surface area (Å²) in [5.74, 6) is -8.64. The van der Waals surface area contributed by atoms with Crippen LogP contribution < -0.4 is 14.2 Å². The summed E-state index contributed by atoms with van der Waals surface area (Å²) < 4.78 is 164. The molecule has 0 radical (unpaired) electrons. The van der Waals surface area contributed by atoms with Gasteiger partial charge >= 0.3 is 19.1 Å². The molecule has 0 N–H and O–H groups in total. The number of hydrogen-bond donors (Lipinski definition) is 0. The van der Waals surface area contributed by atoms with Crippen LogP contribution in [0.25, 0.3) is 0 Å². The Kier molecular flexibility index (Phi) is 24.6. The Morgan fingerprint density at radius 1 is 0.416 bits per heavy atom. The maximum atomic E-state index is 14.1. The van der Waals surface area contributed by atoms with Crippen molar-refractivity contribution in [1.29, 1.82) is 0 Å². The second kappa shape index (κ2) is 29.3. The third-order valence-electron chi connectivity index (χ3n) is 13.6. The SMILES string of the molecule is CC(C)C(=O)[C@@H](CN1CCCCC1)c1ccc(OC(F)(F)F)c(F)c1.CC(C)C(=O)[C@H](CN1CCCCC1)c1ccc(OC(F)(F)F)c(F)c1.CCN1CCN(C[C@@H](C(=O)C(C)C)c2ccc(OC(F)(F)F)c(F)c2)CC1. The van der Waals surface area contributed by atoms with Crippen molar-refractivity contribution in [2.45, 2.75) is 124 Å². The van der Waals surface area contributed by atoms with Crippen molar-refractivity contribution in [2.75, 3.05) is 78.5 Å². The average Bonchev–Trinajstić information content (AvgIpc) is 3.35. The second-order valence-electron chi connectivity index (χ2n) is 20.5. The standard InChI is InChI=1S/C19H26F4N2O2.2C18H23F4NO2/c1-4-24-7-9-25(10-8-24)12-15(18(26)13(2)3)14-5-6-17(16(20)11-14)27-19(21,22)23;2*1-12(2)17(24)14(11-23-8-4-3-5-9-23)13-6-7-16(15(19)10-13)25-18(20,21)22/h5-6,11,13,15H,4,7-10,12H2,1-3H3;2*6-7,10,12,14H,3-5,8-9,11H2,1-2H3/t15-;2*14-/m110/s1. The molecule has 0 bridgehead atoms. The largest absolute Gasteiger partial charge is 0.573 e. The molecule has 0 aromatic heterocycles. The topological polar surface area (TPSA) is 91.9 Å². The summed E-state index contributed by atoms with van der Waals surface area (Å²) >= 11 is 0. The summed E-state index contributed by atoms with van der Waals surface area (Å²) in [6.45, 7) is 21.9. The molecule has 3 aromatic carbocycles. The fraction of sp³-hybridized carbons (Fsp3) is 0.618. The predicted molar refractivity (Wildman–Crippen MR) is 266 cm³/mol. The third kappa shape index (κ3) is 21.7. The zero-order valence-electron chi connectivity index (χ0n) is 44.7. The van der Waals surface area contributed by atoms with E-state index in [2.05, 4.69) is 40.7 Å². The molecule has 3 atom stereocenters. The van der Waals surface area contributed by atoms with Crippen LogP contribution in [-0.4, -0.2) is 135 Å². The van der Waals surface area contributed by atoms with Crippen LogP contribution in [0.15, 0.2) is 54.6 Å². The summed E-state index contributed by atoms with van der Waals surface area (Å²) in [5, 5.41) is 0. The first-order valence-electron chi connectivity index (χ1n) is 26.1. The van der Waals surface area contributed by atoms with Crippen LogP contribution in [0.5, 0.6) is 17.2 Å². The first-order valence-corrected chi connectivity index (χ1v) is 26.1. The number of carbonyl (C=O) groups is 3. The smallest absolute Gasteiger partial charge is 0.403 e. The fourth-order valence-electron chi connectivity index (χ4n) is 9.46. The molecule has 0 unspecified atom stereocenters. The van der Waals surface area contributed by atoms with Gasteiger partial charge in [0.1, 0.15) is 17.3 Å². The molecule has 10 nitrogen and oxygen atoms in total. The lowest BCUT2D eigenvalue weighted by Gasteiger charge is -2.36. The van der Waals surface area contributed by atoms with Crippen molar-refractivity contribution >= 4 is 17.3 Å². The van der Waals surface area contributed by atoms with Gasteiger partial charge in [-0.2, -0.15) is 0 Å². The predicted octanol–water partition coefficient (Wildman–Crippen LogP) is 12.7. The van der Waals surface area contributed by atoms with Gasteiger partial charge in [0, 0.05) is 63.6 Å². The highest BCUT2D eigenvalue weighted by Crippen LogP contribution is 2.34. The molecule has 6 rings (SSSR count). The van der Waals surface area contributed by atoms with Crippen molar-refractivity contribution in [3.63, 3.8) is 0 Å². The molecular formula is C55H72F12N4O6. The molecule has 0 amide bonds. The number of benzene rings is 3. The van der Waals surface area contributed by atoms with Gasteiger partial charge in [-0.25, -0.2) is 13.2 Å². The minimum atomic E-state index is -4.96. The monoisotopic (exact) mass is 1110 g/mol. The number of ether oxygens (including phenoxy) is 3. The molecule has 3 fully saturated rings. The Hall–Kier alpha value is -4.93. The Morgan fingerprint density at radius 2 is 0.662 bits per heavy atom. The maximum Gasteiger partial charge on any atom is 0.573 e. The molecule has 22 heteroatoms. The molecule has 0 saturated carbocycles.